The van der Waals surface area contributed by atoms with Gasteiger partial charge in [-0.2, -0.15) is 0 Å². The van der Waals surface area contributed by atoms with Crippen LogP contribution in [-0.4, -0.2) is 35.1 Å². The van der Waals surface area contributed by atoms with Crippen molar-refractivity contribution in [1.82, 2.24) is 15.2 Å². The second kappa shape index (κ2) is 9.04. The molecule has 0 unspecified atom stereocenters. The van der Waals surface area contributed by atoms with E-state index in [-0.39, 0.29) is 24.8 Å². The maximum Gasteiger partial charge on any atom is 0.209 e. The van der Waals surface area contributed by atoms with Crippen LogP contribution in [0.5, 0.6) is 0 Å². The Bertz CT molecular complexity index is 633. The number of rotatable bonds is 3. The summed E-state index contributed by atoms with van der Waals surface area (Å²) in [6.45, 7) is 4.09. The van der Waals surface area contributed by atoms with Gasteiger partial charge in [0.1, 0.15) is 0 Å². The second-order valence-electron chi connectivity index (χ2n) is 6.87. The Balaban J connectivity index is 0.00000113. The average molecular weight is 384 g/mol. The Morgan fingerprint density at radius 2 is 1.84 bits per heavy atom. The molecular weight excluding hydrogens is 357 g/mol. The summed E-state index contributed by atoms with van der Waals surface area (Å²) in [6, 6.07) is 10.2. The van der Waals surface area contributed by atoms with Gasteiger partial charge in [0.25, 0.3) is 0 Å². The van der Waals surface area contributed by atoms with E-state index in [9.17, 15) is 0 Å². The van der Waals surface area contributed by atoms with Gasteiger partial charge < -0.3 is 9.73 Å². The van der Waals surface area contributed by atoms with Gasteiger partial charge in [0.2, 0.25) is 5.89 Å². The van der Waals surface area contributed by atoms with Crippen LogP contribution in [0.25, 0.3) is 11.3 Å². The molecule has 2 aliphatic rings. The molecule has 1 aliphatic heterocycles. The molecule has 25 heavy (non-hydrogen) atoms. The molecule has 1 saturated carbocycles. The number of benzene rings is 1. The minimum absolute atomic E-state index is 0. The molecule has 138 valence electrons. The number of oxazole rings is 1. The van der Waals surface area contributed by atoms with Crippen LogP contribution in [0, 0.1) is 0 Å². The van der Waals surface area contributed by atoms with Crippen LogP contribution in [-0.2, 0) is 6.54 Å². The highest BCUT2D eigenvalue weighted by molar-refractivity contribution is 5.85. The molecule has 1 aliphatic carbocycles. The number of nitrogens with one attached hydrogen (secondary N) is 1. The quantitative estimate of drug-likeness (QED) is 0.857. The van der Waals surface area contributed by atoms with Gasteiger partial charge in [0.15, 0.2) is 5.76 Å². The van der Waals surface area contributed by atoms with E-state index in [1.165, 1.54) is 32.1 Å². The summed E-state index contributed by atoms with van der Waals surface area (Å²) in [6.07, 6.45) is 8.53. The van der Waals surface area contributed by atoms with E-state index in [0.717, 1.165) is 43.4 Å². The van der Waals surface area contributed by atoms with Crippen molar-refractivity contribution in [1.29, 1.82) is 0 Å². The van der Waals surface area contributed by atoms with Crippen LogP contribution >= 0.6 is 24.8 Å². The zero-order valence-electron chi connectivity index (χ0n) is 14.4. The third-order valence-corrected chi connectivity index (χ3v) is 5.41. The van der Waals surface area contributed by atoms with Gasteiger partial charge in [-0.3, -0.25) is 4.90 Å². The lowest BCUT2D eigenvalue weighted by Crippen LogP contribution is -2.61. The smallest absolute Gasteiger partial charge is 0.209 e. The van der Waals surface area contributed by atoms with Crippen LogP contribution < -0.4 is 5.32 Å². The largest absolute Gasteiger partial charge is 0.439 e. The topological polar surface area (TPSA) is 41.3 Å². The predicted octanol–water partition coefficient (Wildman–Crippen LogP) is 4.29. The summed E-state index contributed by atoms with van der Waals surface area (Å²) in [4.78, 5) is 7.15. The van der Waals surface area contributed by atoms with Gasteiger partial charge in [0, 0.05) is 30.7 Å². The number of nitrogens with zero attached hydrogens (tertiary/aromatic N) is 2. The van der Waals surface area contributed by atoms with Crippen molar-refractivity contribution < 1.29 is 4.42 Å². The number of aromatic nitrogens is 1. The van der Waals surface area contributed by atoms with Crippen molar-refractivity contribution in [3.05, 3.63) is 42.4 Å². The summed E-state index contributed by atoms with van der Waals surface area (Å²) in [5.41, 5.74) is 1.41. The monoisotopic (exact) mass is 383 g/mol. The minimum atomic E-state index is 0. The normalized spacial score (nSPS) is 19.8. The van der Waals surface area contributed by atoms with Gasteiger partial charge in [-0.15, -0.1) is 24.8 Å². The molecule has 1 saturated heterocycles. The molecule has 1 spiro atoms. The molecule has 0 bridgehead atoms. The van der Waals surface area contributed by atoms with E-state index in [1.807, 2.05) is 24.4 Å². The first-order chi connectivity index (χ1) is 11.4. The summed E-state index contributed by atoms with van der Waals surface area (Å²) < 4.78 is 6.03. The van der Waals surface area contributed by atoms with Crippen LogP contribution in [0.3, 0.4) is 0 Å². The molecule has 0 amide bonds. The van der Waals surface area contributed by atoms with Crippen molar-refractivity contribution in [2.75, 3.05) is 19.6 Å². The Labute approximate surface area is 162 Å². The predicted molar refractivity (Wildman–Crippen MR) is 106 cm³/mol. The first-order valence-corrected chi connectivity index (χ1v) is 8.82. The van der Waals surface area contributed by atoms with Crippen LogP contribution in [0.1, 0.15) is 38.0 Å². The van der Waals surface area contributed by atoms with Crippen molar-refractivity contribution >= 4 is 24.8 Å². The zero-order chi connectivity index (χ0) is 15.5. The SMILES string of the molecule is Cl.Cl.c1ccc(-c2cnc(CN3CCNCC34CCCCC4)o2)cc1. The van der Waals surface area contributed by atoms with Crippen molar-refractivity contribution in [3.8, 4) is 11.3 Å². The highest BCUT2D eigenvalue weighted by atomic mass is 35.5. The molecule has 0 radical (unpaired) electrons. The van der Waals surface area contributed by atoms with Crippen molar-refractivity contribution in [3.63, 3.8) is 0 Å². The van der Waals surface area contributed by atoms with E-state index >= 15 is 0 Å². The highest BCUT2D eigenvalue weighted by Gasteiger charge is 2.40. The molecular formula is C19H27Cl2N3O. The standard InChI is InChI=1S/C19H25N3O.2ClH/c1-3-7-16(8-4-1)17-13-21-18(23-17)14-22-12-11-20-15-19(22)9-5-2-6-10-19;;/h1,3-4,7-8,13,20H,2,5-6,9-12,14-15H2;2*1H. The Hall–Kier alpha value is -1.07. The van der Waals surface area contributed by atoms with E-state index < -0.39 is 0 Å². The maximum atomic E-state index is 6.03. The molecule has 2 aromatic rings. The molecule has 4 rings (SSSR count). The van der Waals surface area contributed by atoms with Crippen molar-refractivity contribution in [2.45, 2.75) is 44.2 Å². The first-order valence-electron chi connectivity index (χ1n) is 8.82. The fourth-order valence-electron chi connectivity index (χ4n) is 4.12. The lowest BCUT2D eigenvalue weighted by molar-refractivity contribution is 0.0149. The Morgan fingerprint density at radius 3 is 2.60 bits per heavy atom. The minimum Gasteiger partial charge on any atom is -0.439 e. The van der Waals surface area contributed by atoms with Gasteiger partial charge in [-0.05, 0) is 12.8 Å². The third-order valence-electron chi connectivity index (χ3n) is 5.41. The van der Waals surface area contributed by atoms with Crippen LogP contribution in [0.4, 0.5) is 0 Å². The first kappa shape index (κ1) is 20.2. The molecule has 1 N–H and O–H groups in total. The summed E-state index contributed by atoms with van der Waals surface area (Å²) in [7, 11) is 0. The van der Waals surface area contributed by atoms with Crippen LogP contribution in [0.15, 0.2) is 40.9 Å². The Kier molecular flexibility index (Phi) is 7.32. The van der Waals surface area contributed by atoms with Gasteiger partial charge in [-0.1, -0.05) is 49.6 Å². The lowest BCUT2D eigenvalue weighted by atomic mass is 9.79. The van der Waals surface area contributed by atoms with E-state index in [1.54, 1.807) is 0 Å². The van der Waals surface area contributed by atoms with Gasteiger partial charge in [0.05, 0.1) is 12.7 Å². The summed E-state index contributed by atoms with van der Waals surface area (Å²) >= 11 is 0. The number of hydrogen-bond acceptors (Lipinski definition) is 4. The highest BCUT2D eigenvalue weighted by Crippen LogP contribution is 2.35. The second-order valence-corrected chi connectivity index (χ2v) is 6.87. The molecule has 1 aromatic heterocycles. The average Bonchev–Trinajstić information content (AvgIpc) is 3.07. The van der Waals surface area contributed by atoms with Crippen molar-refractivity contribution in [2.24, 2.45) is 0 Å². The fourth-order valence-corrected chi connectivity index (χ4v) is 4.12. The number of hydrogen-bond donors (Lipinski definition) is 1. The Morgan fingerprint density at radius 1 is 1.08 bits per heavy atom. The van der Waals surface area contributed by atoms with E-state index in [4.69, 9.17) is 4.42 Å². The molecule has 2 fully saturated rings. The number of halogens is 2. The van der Waals surface area contributed by atoms with Gasteiger partial charge in [-0.25, -0.2) is 4.98 Å². The zero-order valence-corrected chi connectivity index (χ0v) is 16.1. The van der Waals surface area contributed by atoms with Crippen LogP contribution in [0.2, 0.25) is 0 Å². The maximum absolute atomic E-state index is 6.03. The molecule has 0 atom stereocenters. The molecule has 4 nitrogen and oxygen atoms in total. The molecule has 6 heteroatoms. The summed E-state index contributed by atoms with van der Waals surface area (Å²) in [5, 5.41) is 3.60. The summed E-state index contributed by atoms with van der Waals surface area (Å²) in [5.74, 6) is 1.71. The molecule has 2 heterocycles. The number of piperazine rings is 1. The van der Waals surface area contributed by atoms with Gasteiger partial charge >= 0.3 is 0 Å². The van der Waals surface area contributed by atoms with E-state index in [0.29, 0.717) is 5.54 Å². The molecule has 1 aromatic carbocycles. The third kappa shape index (κ3) is 4.37. The lowest BCUT2D eigenvalue weighted by Gasteiger charge is -2.49. The van der Waals surface area contributed by atoms with E-state index in [2.05, 4.69) is 27.3 Å². The fraction of sp³-hybridized carbons (Fsp3) is 0.526.